The lowest BCUT2D eigenvalue weighted by atomic mass is 10.2. The molecule has 0 heterocycles. The number of sulfonamides is 1. The summed E-state index contributed by atoms with van der Waals surface area (Å²) >= 11 is 0. The van der Waals surface area contributed by atoms with E-state index in [1.165, 1.54) is 33.3 Å². The van der Waals surface area contributed by atoms with Crippen molar-refractivity contribution in [2.45, 2.75) is 11.4 Å². The van der Waals surface area contributed by atoms with Crippen LogP contribution in [0.25, 0.3) is 6.08 Å². The Morgan fingerprint density at radius 2 is 1.85 bits per heavy atom. The van der Waals surface area contributed by atoms with E-state index in [-0.39, 0.29) is 16.6 Å². The highest BCUT2D eigenvalue weighted by Gasteiger charge is 2.22. The standard InChI is InChI=1S/C19H22N2O4S/c1-21(2)26(23,24)18-13-15(9-11-17(18)25-3)10-12-19(22)20-14-16-7-5-4-6-8-16/h4-13H,14H2,1-3H3,(H,20,22)/b12-10+. The van der Waals surface area contributed by atoms with Gasteiger partial charge in [-0.25, -0.2) is 12.7 Å². The predicted octanol–water partition coefficient (Wildman–Crippen LogP) is 2.28. The summed E-state index contributed by atoms with van der Waals surface area (Å²) in [5.41, 5.74) is 1.58. The van der Waals surface area contributed by atoms with Crippen molar-refractivity contribution in [3.8, 4) is 5.75 Å². The third kappa shape index (κ3) is 4.93. The SMILES string of the molecule is COc1ccc(/C=C/C(=O)NCc2ccccc2)cc1S(=O)(=O)N(C)C. The van der Waals surface area contributed by atoms with E-state index in [1.54, 1.807) is 18.2 Å². The molecule has 1 amide bonds. The van der Waals surface area contributed by atoms with Crippen LogP contribution in [0.15, 0.2) is 59.5 Å². The Bertz CT molecular complexity index is 891. The monoisotopic (exact) mass is 374 g/mol. The lowest BCUT2D eigenvalue weighted by molar-refractivity contribution is -0.116. The average Bonchev–Trinajstić information content (AvgIpc) is 2.65. The van der Waals surface area contributed by atoms with Crippen LogP contribution in [-0.2, 0) is 21.4 Å². The molecule has 0 aromatic heterocycles. The first-order valence-electron chi connectivity index (χ1n) is 7.95. The largest absolute Gasteiger partial charge is 0.495 e. The summed E-state index contributed by atoms with van der Waals surface area (Å²) in [7, 11) is 0.666. The number of benzene rings is 2. The van der Waals surface area contributed by atoms with Crippen molar-refractivity contribution >= 4 is 22.0 Å². The van der Waals surface area contributed by atoms with Crippen LogP contribution in [-0.4, -0.2) is 39.8 Å². The summed E-state index contributed by atoms with van der Waals surface area (Å²) in [5, 5.41) is 2.78. The van der Waals surface area contributed by atoms with Crippen molar-refractivity contribution in [3.05, 3.63) is 65.7 Å². The van der Waals surface area contributed by atoms with Crippen LogP contribution in [0, 0.1) is 0 Å². The molecule has 0 atom stereocenters. The highest BCUT2D eigenvalue weighted by atomic mass is 32.2. The van der Waals surface area contributed by atoms with Gasteiger partial charge in [-0.15, -0.1) is 0 Å². The second-order valence-corrected chi connectivity index (χ2v) is 7.85. The normalized spacial score (nSPS) is 11.7. The van der Waals surface area contributed by atoms with Crippen LogP contribution < -0.4 is 10.1 Å². The van der Waals surface area contributed by atoms with Gasteiger partial charge in [-0.1, -0.05) is 36.4 Å². The first-order chi connectivity index (χ1) is 12.3. The summed E-state index contributed by atoms with van der Waals surface area (Å²) in [6.45, 7) is 0.423. The summed E-state index contributed by atoms with van der Waals surface area (Å²) in [5.74, 6) is -0.00827. The fourth-order valence-corrected chi connectivity index (χ4v) is 3.30. The second-order valence-electron chi connectivity index (χ2n) is 5.73. The second kappa shape index (κ2) is 8.64. The maximum atomic E-state index is 12.4. The minimum absolute atomic E-state index is 0.0526. The molecule has 2 aromatic carbocycles. The maximum Gasteiger partial charge on any atom is 0.246 e. The molecule has 0 saturated carbocycles. The molecule has 0 aliphatic rings. The number of methoxy groups -OCH3 is 1. The van der Waals surface area contributed by atoms with E-state index in [4.69, 9.17) is 4.74 Å². The van der Waals surface area contributed by atoms with Gasteiger partial charge in [0, 0.05) is 26.7 Å². The van der Waals surface area contributed by atoms with Gasteiger partial charge in [0.15, 0.2) is 0 Å². The maximum absolute atomic E-state index is 12.4. The third-order valence-electron chi connectivity index (χ3n) is 3.68. The van der Waals surface area contributed by atoms with Crippen LogP contribution in [0.4, 0.5) is 0 Å². The molecular weight excluding hydrogens is 352 g/mol. The van der Waals surface area contributed by atoms with Crippen molar-refractivity contribution in [2.75, 3.05) is 21.2 Å². The van der Waals surface area contributed by atoms with Crippen molar-refractivity contribution in [1.29, 1.82) is 0 Å². The van der Waals surface area contributed by atoms with Gasteiger partial charge in [-0.05, 0) is 29.3 Å². The molecule has 26 heavy (non-hydrogen) atoms. The van der Waals surface area contributed by atoms with E-state index >= 15 is 0 Å². The van der Waals surface area contributed by atoms with Gasteiger partial charge in [0.25, 0.3) is 0 Å². The molecule has 0 bridgehead atoms. The zero-order valence-electron chi connectivity index (χ0n) is 15.0. The van der Waals surface area contributed by atoms with E-state index < -0.39 is 10.0 Å². The Kier molecular flexibility index (Phi) is 6.54. The van der Waals surface area contributed by atoms with Gasteiger partial charge < -0.3 is 10.1 Å². The number of amides is 1. The molecular formula is C19H22N2O4S. The summed E-state index contributed by atoms with van der Waals surface area (Å²) in [4.78, 5) is 12.0. The number of hydrogen-bond acceptors (Lipinski definition) is 4. The van der Waals surface area contributed by atoms with Crippen molar-refractivity contribution in [2.24, 2.45) is 0 Å². The van der Waals surface area contributed by atoms with Gasteiger partial charge in [-0.2, -0.15) is 0 Å². The highest BCUT2D eigenvalue weighted by Crippen LogP contribution is 2.27. The van der Waals surface area contributed by atoms with Crippen molar-refractivity contribution in [1.82, 2.24) is 9.62 Å². The van der Waals surface area contributed by atoms with Crippen LogP contribution in [0.3, 0.4) is 0 Å². The first-order valence-corrected chi connectivity index (χ1v) is 9.39. The summed E-state index contributed by atoms with van der Waals surface area (Å²) in [6, 6.07) is 14.3. The van der Waals surface area contributed by atoms with E-state index in [2.05, 4.69) is 5.32 Å². The van der Waals surface area contributed by atoms with Gasteiger partial charge in [0.05, 0.1) is 7.11 Å². The zero-order valence-corrected chi connectivity index (χ0v) is 15.8. The number of ether oxygens (including phenoxy) is 1. The van der Waals surface area contributed by atoms with Crippen molar-refractivity contribution < 1.29 is 17.9 Å². The highest BCUT2D eigenvalue weighted by molar-refractivity contribution is 7.89. The molecule has 0 aliphatic carbocycles. The lowest BCUT2D eigenvalue weighted by Gasteiger charge is -2.15. The molecule has 0 unspecified atom stereocenters. The van der Waals surface area contributed by atoms with Gasteiger partial charge in [0.1, 0.15) is 10.6 Å². The lowest BCUT2D eigenvalue weighted by Crippen LogP contribution is -2.22. The smallest absolute Gasteiger partial charge is 0.246 e. The molecule has 6 nitrogen and oxygen atoms in total. The fraction of sp³-hybridized carbons (Fsp3) is 0.211. The number of nitrogens with one attached hydrogen (secondary N) is 1. The minimum Gasteiger partial charge on any atom is -0.495 e. The quantitative estimate of drug-likeness (QED) is 0.755. The van der Waals surface area contributed by atoms with Gasteiger partial charge in [0.2, 0.25) is 15.9 Å². The number of nitrogens with zero attached hydrogens (tertiary/aromatic N) is 1. The minimum atomic E-state index is -3.65. The molecule has 2 rings (SSSR count). The Hall–Kier alpha value is -2.64. The van der Waals surface area contributed by atoms with E-state index in [1.807, 2.05) is 30.3 Å². The molecule has 0 spiro atoms. The van der Waals surface area contributed by atoms with Crippen LogP contribution in [0.1, 0.15) is 11.1 Å². The Morgan fingerprint density at radius 3 is 2.46 bits per heavy atom. The average molecular weight is 374 g/mol. The zero-order chi connectivity index (χ0) is 19.2. The van der Waals surface area contributed by atoms with Gasteiger partial charge >= 0.3 is 0 Å². The summed E-state index contributed by atoms with van der Waals surface area (Å²) < 4.78 is 31.1. The first kappa shape index (κ1) is 19.7. The molecule has 0 fully saturated rings. The van der Waals surface area contributed by atoms with Crippen LogP contribution in [0.5, 0.6) is 5.75 Å². The summed E-state index contributed by atoms with van der Waals surface area (Å²) in [6.07, 6.45) is 2.94. The van der Waals surface area contributed by atoms with E-state index in [0.29, 0.717) is 12.1 Å². The van der Waals surface area contributed by atoms with Gasteiger partial charge in [-0.3, -0.25) is 4.79 Å². The molecule has 138 valence electrons. The topological polar surface area (TPSA) is 75.7 Å². The third-order valence-corrected chi connectivity index (χ3v) is 5.52. The predicted molar refractivity (Wildman–Crippen MR) is 101 cm³/mol. The van der Waals surface area contributed by atoms with Crippen molar-refractivity contribution in [3.63, 3.8) is 0 Å². The fourth-order valence-electron chi connectivity index (χ4n) is 2.21. The Morgan fingerprint density at radius 1 is 1.15 bits per heavy atom. The van der Waals surface area contributed by atoms with Crippen LogP contribution in [0.2, 0.25) is 0 Å². The number of hydrogen-bond donors (Lipinski definition) is 1. The number of rotatable bonds is 7. The van der Waals surface area contributed by atoms with Crippen LogP contribution >= 0.6 is 0 Å². The molecule has 7 heteroatoms. The molecule has 0 radical (unpaired) electrons. The van der Waals surface area contributed by atoms with E-state index in [9.17, 15) is 13.2 Å². The molecule has 1 N–H and O–H groups in total. The van der Waals surface area contributed by atoms with E-state index in [0.717, 1.165) is 9.87 Å². The number of carbonyl (C=O) groups excluding carboxylic acids is 1. The number of carbonyl (C=O) groups is 1. The molecule has 0 saturated heterocycles. The Balaban J connectivity index is 2.14. The molecule has 0 aliphatic heterocycles. The Labute approximate surface area is 154 Å². The molecule has 2 aromatic rings.